The molecule has 0 aliphatic carbocycles. The lowest BCUT2D eigenvalue weighted by atomic mass is 10.1. The molecule has 8 rings (SSSR count). The molecule has 0 radical (unpaired) electrons. The maximum Gasteiger partial charge on any atom is 0.346 e. The number of hydrogen-bond donors (Lipinski definition) is 3. The maximum atomic E-state index is 13.3. The lowest BCUT2D eigenvalue weighted by Gasteiger charge is -2.15. The fraction of sp³-hybridized carbons (Fsp3) is 0.0976. The van der Waals surface area contributed by atoms with Crippen molar-refractivity contribution in [2.75, 3.05) is 7.11 Å². The SMILES string of the molecule is COC(=O)c1ccc(C(=O)NN=Cc2ccc(-c3nnn[nH]3)cc2)cc1-n1c(C)cc(-[n+]2cncc(C=NNC(=O)c3ccc4c(=O)oc5ccc(C)n5c4c3)c2)c1C. The Kier molecular flexibility index (Phi) is 9.93. The zero-order valence-electron chi connectivity index (χ0n) is 31.9. The first kappa shape index (κ1) is 37.5. The standard InChI is InChI=1S/C41H32N12O6/c1-23-5-14-36-53(23)35-17-30(11-13-32(35)41(57)59-36)39(55)48-44-20-27-18-42-22-51(21-27)33-15-24(2)52(25(33)3)34-16-29(10-12-31(34)40(56)58-4)38(54)47-43-19-26-6-8-28(9-7-26)37-45-49-50-46-37/h5-22H,1-4H3,(H2-,43,45,46,47,48,49,50,54,55,56,57)/p+1. The Balaban J connectivity index is 1.01. The first-order valence-corrected chi connectivity index (χ1v) is 17.9. The van der Waals surface area contributed by atoms with Gasteiger partial charge in [0.1, 0.15) is 6.20 Å². The smallest absolute Gasteiger partial charge is 0.346 e. The Morgan fingerprint density at radius 1 is 0.864 bits per heavy atom. The predicted molar refractivity (Wildman–Crippen MR) is 214 cm³/mol. The summed E-state index contributed by atoms with van der Waals surface area (Å²) in [5, 5.41) is 22.4. The van der Waals surface area contributed by atoms with Crippen molar-refractivity contribution in [3.63, 3.8) is 0 Å². The van der Waals surface area contributed by atoms with E-state index in [1.165, 1.54) is 37.7 Å². The molecular weight excluding hydrogens is 757 g/mol. The number of benzene rings is 3. The van der Waals surface area contributed by atoms with E-state index in [2.05, 4.69) is 46.7 Å². The highest BCUT2D eigenvalue weighted by atomic mass is 16.5. The number of methoxy groups -OCH3 is 1. The minimum Gasteiger partial charge on any atom is -0.465 e. The second kappa shape index (κ2) is 15.6. The number of aromatic nitrogens is 8. The van der Waals surface area contributed by atoms with E-state index in [-0.39, 0.29) is 11.1 Å². The van der Waals surface area contributed by atoms with E-state index in [0.717, 1.165) is 33.9 Å². The molecule has 0 unspecified atom stereocenters. The van der Waals surface area contributed by atoms with Gasteiger partial charge in [0.05, 0.1) is 53.0 Å². The van der Waals surface area contributed by atoms with E-state index in [1.54, 1.807) is 64.1 Å². The van der Waals surface area contributed by atoms with E-state index < -0.39 is 23.4 Å². The second-order valence-electron chi connectivity index (χ2n) is 13.3. The normalized spacial score (nSPS) is 11.5. The molecule has 0 bridgehead atoms. The zero-order valence-corrected chi connectivity index (χ0v) is 31.9. The number of ether oxygens (including phenoxy) is 1. The highest BCUT2D eigenvalue weighted by molar-refractivity contribution is 6.00. The molecule has 0 aliphatic heterocycles. The van der Waals surface area contributed by atoms with Crippen molar-refractivity contribution >= 4 is 46.8 Å². The molecule has 0 saturated heterocycles. The number of nitrogens with zero attached hydrogens (tertiary/aromatic N) is 9. The summed E-state index contributed by atoms with van der Waals surface area (Å²) in [5.41, 5.74) is 11.9. The number of fused-ring (bicyclic) bond motifs is 3. The van der Waals surface area contributed by atoms with Crippen LogP contribution in [0.25, 0.3) is 39.4 Å². The van der Waals surface area contributed by atoms with Gasteiger partial charge in [0.2, 0.25) is 5.71 Å². The van der Waals surface area contributed by atoms with E-state index >= 15 is 0 Å². The van der Waals surface area contributed by atoms with Crippen molar-refractivity contribution in [3.05, 3.63) is 153 Å². The number of nitrogens with one attached hydrogen (secondary N) is 3. The van der Waals surface area contributed by atoms with Crippen LogP contribution in [0.2, 0.25) is 0 Å². The summed E-state index contributed by atoms with van der Waals surface area (Å²) in [6.07, 6.45) is 7.92. The Morgan fingerprint density at radius 3 is 2.32 bits per heavy atom. The lowest BCUT2D eigenvalue weighted by molar-refractivity contribution is -0.599. The monoisotopic (exact) mass is 789 g/mol. The first-order valence-electron chi connectivity index (χ1n) is 17.9. The molecule has 0 saturated carbocycles. The van der Waals surface area contributed by atoms with Crippen molar-refractivity contribution in [2.24, 2.45) is 10.2 Å². The molecule has 8 aromatic rings. The summed E-state index contributed by atoms with van der Waals surface area (Å²) < 4.78 is 15.9. The molecule has 3 N–H and O–H groups in total. The quantitative estimate of drug-likeness (QED) is 0.0785. The predicted octanol–water partition coefficient (Wildman–Crippen LogP) is 3.93. The number of amides is 2. The van der Waals surface area contributed by atoms with Gasteiger partial charge < -0.3 is 13.7 Å². The van der Waals surface area contributed by atoms with Gasteiger partial charge in [-0.3, -0.25) is 14.0 Å². The third-order valence-corrected chi connectivity index (χ3v) is 9.54. The van der Waals surface area contributed by atoms with E-state index in [1.807, 2.05) is 49.6 Å². The third-order valence-electron chi connectivity index (χ3n) is 9.54. The van der Waals surface area contributed by atoms with Crippen LogP contribution in [0.3, 0.4) is 0 Å². The molecule has 18 heteroatoms. The molecular formula is C41H33N12O6+. The van der Waals surface area contributed by atoms with E-state index in [9.17, 15) is 19.2 Å². The van der Waals surface area contributed by atoms with Crippen molar-refractivity contribution < 1.29 is 28.1 Å². The fourth-order valence-corrected chi connectivity index (χ4v) is 6.69. The number of carbonyl (C=O) groups is 3. The van der Waals surface area contributed by atoms with Crippen LogP contribution in [0, 0.1) is 20.8 Å². The molecule has 0 spiro atoms. The number of tetrazole rings is 1. The molecule has 59 heavy (non-hydrogen) atoms. The van der Waals surface area contributed by atoms with Crippen LogP contribution < -0.4 is 21.0 Å². The minimum absolute atomic E-state index is 0.241. The summed E-state index contributed by atoms with van der Waals surface area (Å²) >= 11 is 0. The molecule has 0 fully saturated rings. The number of esters is 1. The van der Waals surface area contributed by atoms with E-state index in [0.29, 0.717) is 39.3 Å². The molecule has 5 heterocycles. The van der Waals surface area contributed by atoms with Gasteiger partial charge in [0, 0.05) is 40.2 Å². The van der Waals surface area contributed by atoms with Gasteiger partial charge in [-0.25, -0.2) is 30.1 Å². The topological polar surface area (TPSA) is 220 Å². The number of H-pyrrole nitrogens is 1. The molecule has 5 aromatic heterocycles. The number of hydrogen-bond acceptors (Lipinski definition) is 12. The van der Waals surface area contributed by atoms with Gasteiger partial charge in [-0.15, -0.1) is 5.10 Å². The second-order valence-corrected chi connectivity index (χ2v) is 13.3. The van der Waals surface area contributed by atoms with Crippen molar-refractivity contribution in [1.29, 1.82) is 0 Å². The lowest BCUT2D eigenvalue weighted by Crippen LogP contribution is -2.32. The summed E-state index contributed by atoms with van der Waals surface area (Å²) in [4.78, 5) is 56.2. The van der Waals surface area contributed by atoms with Crippen LogP contribution in [0.5, 0.6) is 0 Å². The molecule has 292 valence electrons. The van der Waals surface area contributed by atoms with Crippen LogP contribution in [-0.2, 0) is 4.74 Å². The Bertz CT molecular complexity index is 3050. The Morgan fingerprint density at radius 2 is 1.59 bits per heavy atom. The molecule has 18 nitrogen and oxygen atoms in total. The van der Waals surface area contributed by atoms with Crippen molar-refractivity contribution in [2.45, 2.75) is 20.8 Å². The summed E-state index contributed by atoms with van der Waals surface area (Å²) in [6.45, 7) is 5.62. The number of aromatic amines is 1. The highest BCUT2D eigenvalue weighted by Crippen LogP contribution is 2.26. The third kappa shape index (κ3) is 7.35. The number of hydrazone groups is 2. The molecule has 0 atom stereocenters. The van der Waals surface area contributed by atoms with Gasteiger partial charge in [-0.2, -0.15) is 10.2 Å². The molecule has 0 aliphatic rings. The number of carbonyl (C=O) groups excluding carboxylic acids is 3. The van der Waals surface area contributed by atoms with Gasteiger partial charge >= 0.3 is 11.6 Å². The first-order chi connectivity index (χ1) is 28.6. The van der Waals surface area contributed by atoms with Crippen LogP contribution in [0.15, 0.2) is 117 Å². The number of rotatable bonds is 10. The van der Waals surface area contributed by atoms with Gasteiger partial charge in [0.15, 0.2) is 17.7 Å². The summed E-state index contributed by atoms with van der Waals surface area (Å²) in [7, 11) is 1.29. The van der Waals surface area contributed by atoms with Crippen LogP contribution in [0.4, 0.5) is 0 Å². The van der Waals surface area contributed by atoms with Crippen LogP contribution >= 0.6 is 0 Å². The Labute approximate surface area is 333 Å². The maximum absolute atomic E-state index is 13.3. The Hall–Kier alpha value is -8.41. The number of aryl methyl sites for hydroxylation is 2. The summed E-state index contributed by atoms with van der Waals surface area (Å²) in [6, 6.07) is 22.0. The molecule has 3 aromatic carbocycles. The van der Waals surface area contributed by atoms with Gasteiger partial charge in [-0.1, -0.05) is 29.2 Å². The summed E-state index contributed by atoms with van der Waals surface area (Å²) in [5.74, 6) is -1.03. The highest BCUT2D eigenvalue weighted by Gasteiger charge is 2.23. The van der Waals surface area contributed by atoms with Crippen molar-refractivity contribution in [1.82, 2.24) is 45.4 Å². The minimum atomic E-state index is -0.583. The van der Waals surface area contributed by atoms with Crippen molar-refractivity contribution in [3.8, 4) is 22.8 Å². The average Bonchev–Trinajstić information content (AvgIpc) is 3.99. The largest absolute Gasteiger partial charge is 0.465 e. The zero-order chi connectivity index (χ0) is 41.2. The van der Waals surface area contributed by atoms with Gasteiger partial charge in [-0.05, 0) is 79.2 Å². The van der Waals surface area contributed by atoms with Gasteiger partial charge in [0.25, 0.3) is 18.1 Å². The average molecular weight is 790 g/mol. The van der Waals surface area contributed by atoms with Crippen LogP contribution in [0.1, 0.15) is 59.3 Å². The van der Waals surface area contributed by atoms with E-state index in [4.69, 9.17) is 9.15 Å². The molecule has 2 amide bonds. The fourth-order valence-electron chi connectivity index (χ4n) is 6.69. The van der Waals surface area contributed by atoms with Crippen LogP contribution in [-0.4, -0.2) is 71.9 Å².